The van der Waals surface area contributed by atoms with Crippen molar-refractivity contribution in [2.75, 3.05) is 49.5 Å². The van der Waals surface area contributed by atoms with Gasteiger partial charge in [0.1, 0.15) is 11.8 Å². The second-order valence-corrected chi connectivity index (χ2v) is 6.97. The summed E-state index contributed by atoms with van der Waals surface area (Å²) in [7, 11) is 0. The number of ether oxygens (including phenoxy) is 1. The molecule has 1 saturated heterocycles. The molecule has 1 atom stereocenters. The molecule has 0 radical (unpaired) electrons. The maximum Gasteiger partial charge on any atom is 0.414 e. The van der Waals surface area contributed by atoms with E-state index in [4.69, 9.17) is 10.5 Å². The zero-order chi connectivity index (χ0) is 23.3. The number of hydrazine groups is 2. The van der Waals surface area contributed by atoms with Crippen molar-refractivity contribution in [1.29, 1.82) is 0 Å². The number of rotatable bonds is 10. The molecule has 1 aromatic carbocycles. The number of amides is 2. The van der Waals surface area contributed by atoms with E-state index in [9.17, 15) is 27.2 Å². The van der Waals surface area contributed by atoms with Crippen LogP contribution in [0.1, 0.15) is 0 Å². The van der Waals surface area contributed by atoms with Gasteiger partial charge in [-0.2, -0.15) is 8.78 Å². The summed E-state index contributed by atoms with van der Waals surface area (Å²) < 4.78 is 59.5. The number of anilines is 2. The number of hydrogen-bond donors (Lipinski definition) is 4. The number of alkyl halides is 2. The summed E-state index contributed by atoms with van der Waals surface area (Å²) in [6.45, 7) is -0.179. The quantitative estimate of drug-likeness (QED) is 0.374. The lowest BCUT2D eigenvalue weighted by Gasteiger charge is -2.22. The van der Waals surface area contributed by atoms with E-state index in [0.29, 0.717) is 6.54 Å². The molecule has 14 heteroatoms. The van der Waals surface area contributed by atoms with Gasteiger partial charge < -0.3 is 26.1 Å². The predicted octanol–water partition coefficient (Wildman–Crippen LogP) is 0.550. The lowest BCUT2D eigenvalue weighted by Crippen LogP contribution is -2.41. The van der Waals surface area contributed by atoms with Crippen LogP contribution in [-0.4, -0.2) is 73.7 Å². The maximum atomic E-state index is 14.5. The largest absolute Gasteiger partial charge is 0.442 e. The van der Waals surface area contributed by atoms with Gasteiger partial charge in [-0.1, -0.05) is 0 Å². The highest BCUT2D eigenvalue weighted by Gasteiger charge is 2.34. The third kappa shape index (κ3) is 5.50. The summed E-state index contributed by atoms with van der Waals surface area (Å²) >= 11 is 0. The Kier molecular flexibility index (Phi) is 7.58. The van der Waals surface area contributed by atoms with Crippen molar-refractivity contribution in [2.45, 2.75) is 12.5 Å². The Morgan fingerprint density at radius 1 is 1.31 bits per heavy atom. The highest BCUT2D eigenvalue weighted by molar-refractivity contribution is 5.90. The van der Waals surface area contributed by atoms with Crippen LogP contribution in [0.4, 0.5) is 33.7 Å². The lowest BCUT2D eigenvalue weighted by molar-refractivity contribution is -0.142. The van der Waals surface area contributed by atoms with Crippen LogP contribution in [-0.2, 0) is 9.53 Å². The number of carbonyl (C=O) groups excluding carboxylic acids is 2. The number of cyclic esters (lactones) is 1. The SMILES string of the molecule is NCCN(CCNc1c(F)cc(N2C[C@H](CN3C=CNN3)OC2=O)cc1F)C(=O)C(F)F. The fraction of sp³-hybridized carbons (Fsp3) is 0.444. The van der Waals surface area contributed by atoms with Crippen molar-refractivity contribution in [1.82, 2.24) is 20.9 Å². The molecule has 5 N–H and O–H groups in total. The van der Waals surface area contributed by atoms with Gasteiger partial charge in [0.25, 0.3) is 5.91 Å². The van der Waals surface area contributed by atoms with Crippen LogP contribution in [0.3, 0.4) is 0 Å². The Bertz CT molecular complexity index is 850. The van der Waals surface area contributed by atoms with Crippen LogP contribution in [0.25, 0.3) is 0 Å². The highest BCUT2D eigenvalue weighted by atomic mass is 19.3. The first kappa shape index (κ1) is 23.4. The van der Waals surface area contributed by atoms with Gasteiger partial charge in [0.2, 0.25) is 0 Å². The number of benzene rings is 1. The highest BCUT2D eigenvalue weighted by Crippen LogP contribution is 2.29. The summed E-state index contributed by atoms with van der Waals surface area (Å²) in [6, 6.07) is 1.93. The van der Waals surface area contributed by atoms with E-state index in [2.05, 4.69) is 16.3 Å². The van der Waals surface area contributed by atoms with Crippen LogP contribution < -0.4 is 26.9 Å². The van der Waals surface area contributed by atoms with E-state index < -0.39 is 41.9 Å². The second kappa shape index (κ2) is 10.4. The van der Waals surface area contributed by atoms with Gasteiger partial charge in [0, 0.05) is 50.7 Å². The maximum absolute atomic E-state index is 14.5. The molecule has 0 aromatic heterocycles. The molecule has 0 saturated carbocycles. The molecule has 0 bridgehead atoms. The van der Waals surface area contributed by atoms with Gasteiger partial charge >= 0.3 is 12.5 Å². The van der Waals surface area contributed by atoms with Gasteiger partial charge in [0.15, 0.2) is 11.6 Å². The third-order valence-corrected chi connectivity index (χ3v) is 4.74. The second-order valence-electron chi connectivity index (χ2n) is 6.97. The molecule has 0 spiro atoms. The molecule has 0 aliphatic carbocycles. The number of nitrogens with one attached hydrogen (secondary N) is 3. The Hall–Kier alpha value is -3.26. The summed E-state index contributed by atoms with van der Waals surface area (Å²) in [5.74, 6) is -3.39. The standard InChI is InChI=1S/C18H23F4N7O3/c19-13-7-11(29-10-12(32-18(29)31)9-28-6-3-25-26-28)8-14(20)15(13)24-2-5-27(4-1-23)17(30)16(21)22/h3,6-8,12,16,24-26H,1-2,4-5,9-10,23H2/t12-/m0/s1. The smallest absolute Gasteiger partial charge is 0.414 e. The molecular weight excluding hydrogens is 438 g/mol. The van der Waals surface area contributed by atoms with Gasteiger partial charge in [0.05, 0.1) is 18.8 Å². The molecule has 2 aliphatic rings. The molecule has 3 rings (SSSR count). The van der Waals surface area contributed by atoms with Crippen molar-refractivity contribution in [3.63, 3.8) is 0 Å². The molecular formula is C18H23F4N7O3. The molecule has 1 aromatic rings. The van der Waals surface area contributed by atoms with E-state index in [1.807, 2.05) is 0 Å². The zero-order valence-electron chi connectivity index (χ0n) is 16.9. The van der Waals surface area contributed by atoms with Crippen LogP contribution in [0.2, 0.25) is 0 Å². The monoisotopic (exact) mass is 461 g/mol. The van der Waals surface area contributed by atoms with Crippen molar-refractivity contribution in [2.24, 2.45) is 5.73 Å². The molecule has 2 aliphatic heterocycles. The van der Waals surface area contributed by atoms with E-state index in [-0.39, 0.29) is 38.4 Å². The number of hydrogen-bond acceptors (Lipinski definition) is 8. The third-order valence-electron chi connectivity index (χ3n) is 4.74. The topological polar surface area (TPSA) is 115 Å². The van der Waals surface area contributed by atoms with Crippen LogP contribution >= 0.6 is 0 Å². The van der Waals surface area contributed by atoms with E-state index in [1.165, 1.54) is 0 Å². The van der Waals surface area contributed by atoms with E-state index in [0.717, 1.165) is 21.9 Å². The summed E-state index contributed by atoms with van der Waals surface area (Å²) in [5.41, 5.74) is 10.3. The van der Waals surface area contributed by atoms with E-state index >= 15 is 0 Å². The fourth-order valence-electron chi connectivity index (χ4n) is 3.26. The molecule has 2 heterocycles. The average molecular weight is 461 g/mol. The summed E-state index contributed by atoms with van der Waals surface area (Å²) in [5, 5.41) is 4.10. The first-order chi connectivity index (χ1) is 15.3. The normalized spacial score (nSPS) is 17.7. The summed E-state index contributed by atoms with van der Waals surface area (Å²) in [6.07, 6.45) is -1.14. The number of halogens is 4. The fourth-order valence-corrected chi connectivity index (χ4v) is 3.26. The minimum Gasteiger partial charge on any atom is -0.442 e. The predicted molar refractivity (Wildman–Crippen MR) is 106 cm³/mol. The van der Waals surface area contributed by atoms with Crippen molar-refractivity contribution < 1.29 is 31.9 Å². The number of carbonyl (C=O) groups is 2. The first-order valence-electron chi connectivity index (χ1n) is 9.72. The molecule has 32 heavy (non-hydrogen) atoms. The van der Waals surface area contributed by atoms with E-state index in [1.54, 1.807) is 17.4 Å². The molecule has 0 unspecified atom stereocenters. The Labute approximate surface area is 180 Å². The van der Waals surface area contributed by atoms with Crippen LogP contribution in [0.15, 0.2) is 24.5 Å². The minimum absolute atomic E-state index is 0.0289. The van der Waals surface area contributed by atoms with Gasteiger partial charge in [-0.05, 0) is 0 Å². The van der Waals surface area contributed by atoms with Crippen molar-refractivity contribution >= 4 is 23.4 Å². The Morgan fingerprint density at radius 2 is 2.03 bits per heavy atom. The number of nitrogens with zero attached hydrogens (tertiary/aromatic N) is 3. The van der Waals surface area contributed by atoms with Gasteiger partial charge in [-0.3, -0.25) is 14.7 Å². The van der Waals surface area contributed by atoms with Crippen LogP contribution in [0, 0.1) is 11.6 Å². The van der Waals surface area contributed by atoms with Crippen molar-refractivity contribution in [3.05, 3.63) is 36.2 Å². The van der Waals surface area contributed by atoms with Crippen LogP contribution in [0.5, 0.6) is 0 Å². The average Bonchev–Trinajstić information content (AvgIpc) is 3.38. The number of nitrogens with two attached hydrogens (primary N) is 1. The molecule has 2 amide bonds. The first-order valence-corrected chi connectivity index (χ1v) is 9.72. The molecule has 10 nitrogen and oxygen atoms in total. The zero-order valence-corrected chi connectivity index (χ0v) is 16.9. The van der Waals surface area contributed by atoms with Gasteiger partial charge in [-0.25, -0.2) is 13.6 Å². The lowest BCUT2D eigenvalue weighted by atomic mass is 10.2. The van der Waals surface area contributed by atoms with Gasteiger partial charge in [-0.15, -0.1) is 5.53 Å². The molecule has 1 fully saturated rings. The van der Waals surface area contributed by atoms with Crippen molar-refractivity contribution in [3.8, 4) is 0 Å². The Balaban J connectivity index is 1.61. The Morgan fingerprint density at radius 3 is 2.62 bits per heavy atom. The molecule has 176 valence electrons. The summed E-state index contributed by atoms with van der Waals surface area (Å²) in [4.78, 5) is 25.5. The minimum atomic E-state index is -3.20.